The van der Waals surface area contributed by atoms with Crippen LogP contribution in [0.5, 0.6) is 5.75 Å². The summed E-state index contributed by atoms with van der Waals surface area (Å²) in [4.78, 5) is 26.3. The Balaban J connectivity index is 1.35. The molecule has 2 unspecified atom stereocenters. The molecule has 200 valence electrons. The summed E-state index contributed by atoms with van der Waals surface area (Å²) in [5, 5.41) is 5.80. The fourth-order valence-corrected chi connectivity index (χ4v) is 6.25. The van der Waals surface area contributed by atoms with Crippen LogP contribution in [-0.4, -0.2) is 57.8 Å². The van der Waals surface area contributed by atoms with E-state index in [9.17, 15) is 4.79 Å². The van der Waals surface area contributed by atoms with Gasteiger partial charge in [-0.3, -0.25) is 4.79 Å². The van der Waals surface area contributed by atoms with E-state index in [1.54, 1.807) is 25.1 Å². The molecular formula is C30H33N7O2. The van der Waals surface area contributed by atoms with Gasteiger partial charge in [-0.05, 0) is 62.1 Å². The fourth-order valence-electron chi connectivity index (χ4n) is 6.25. The molecular weight excluding hydrogens is 490 g/mol. The highest BCUT2D eigenvalue weighted by Crippen LogP contribution is 2.45. The number of methoxy groups -OCH3 is 1. The smallest absolute Gasteiger partial charge is 0.261 e. The monoisotopic (exact) mass is 523 g/mol. The van der Waals surface area contributed by atoms with Gasteiger partial charge in [0.1, 0.15) is 23.6 Å². The zero-order valence-corrected chi connectivity index (χ0v) is 22.5. The third kappa shape index (κ3) is 4.37. The topological polar surface area (TPSA) is 102 Å². The van der Waals surface area contributed by atoms with Crippen molar-refractivity contribution >= 4 is 28.4 Å². The molecule has 2 N–H and O–H groups in total. The van der Waals surface area contributed by atoms with Crippen molar-refractivity contribution in [2.24, 2.45) is 11.8 Å². The number of aromatic nitrogens is 4. The Hall–Kier alpha value is -4.40. The number of fused-ring (bicyclic) bond motifs is 2. The van der Waals surface area contributed by atoms with Gasteiger partial charge < -0.3 is 20.3 Å². The largest absolute Gasteiger partial charge is 0.496 e. The second-order valence-electron chi connectivity index (χ2n) is 10.4. The molecule has 1 amide bonds. The Labute approximate surface area is 227 Å². The van der Waals surface area contributed by atoms with Crippen LogP contribution in [0.1, 0.15) is 36.2 Å². The predicted molar refractivity (Wildman–Crippen MR) is 153 cm³/mol. The molecule has 9 nitrogen and oxygen atoms in total. The minimum atomic E-state index is -0.160. The first-order valence-electron chi connectivity index (χ1n) is 13.4. The van der Waals surface area contributed by atoms with Gasteiger partial charge in [0.25, 0.3) is 5.91 Å². The molecule has 1 saturated carbocycles. The molecule has 2 aromatic heterocycles. The van der Waals surface area contributed by atoms with E-state index in [0.29, 0.717) is 34.7 Å². The minimum Gasteiger partial charge on any atom is -0.496 e. The Kier molecular flexibility index (Phi) is 6.42. The number of ether oxygens (including phenoxy) is 1. The summed E-state index contributed by atoms with van der Waals surface area (Å²) in [5.41, 5.74) is 9.91. The fraction of sp³-hybridized carbons (Fsp3) is 0.333. The highest BCUT2D eigenvalue weighted by atomic mass is 16.5. The van der Waals surface area contributed by atoms with E-state index in [-0.39, 0.29) is 11.9 Å². The average Bonchev–Trinajstić information content (AvgIpc) is 3.65. The van der Waals surface area contributed by atoms with Crippen molar-refractivity contribution in [3.8, 4) is 17.0 Å². The number of anilines is 2. The molecule has 2 fully saturated rings. The molecule has 2 aromatic carbocycles. The first kappa shape index (κ1) is 24.9. The van der Waals surface area contributed by atoms with Crippen molar-refractivity contribution in [3.63, 3.8) is 0 Å². The normalized spacial score (nSPS) is 20.6. The number of nitrogen functional groups attached to an aromatic ring is 1. The van der Waals surface area contributed by atoms with E-state index in [2.05, 4.69) is 38.7 Å². The summed E-state index contributed by atoms with van der Waals surface area (Å²) < 4.78 is 7.74. The maximum absolute atomic E-state index is 13.4. The van der Waals surface area contributed by atoms with Gasteiger partial charge in [0.15, 0.2) is 5.65 Å². The van der Waals surface area contributed by atoms with Gasteiger partial charge in [-0.1, -0.05) is 30.3 Å². The second-order valence-corrected chi connectivity index (χ2v) is 10.4. The number of amides is 1. The number of benzene rings is 2. The van der Waals surface area contributed by atoms with Crippen LogP contribution in [0.3, 0.4) is 0 Å². The van der Waals surface area contributed by atoms with Crippen molar-refractivity contribution in [1.82, 2.24) is 24.6 Å². The van der Waals surface area contributed by atoms with Gasteiger partial charge in [-0.15, -0.1) is 0 Å². The summed E-state index contributed by atoms with van der Waals surface area (Å²) in [6.07, 6.45) is 7.92. The highest BCUT2D eigenvalue weighted by Gasteiger charge is 2.42. The summed E-state index contributed by atoms with van der Waals surface area (Å²) in [6, 6.07) is 15.3. The molecule has 9 heteroatoms. The Morgan fingerprint density at radius 1 is 1.10 bits per heavy atom. The number of carbonyl (C=O) groups excluding carboxylic acids is 1. The molecule has 0 radical (unpaired) electrons. The Morgan fingerprint density at radius 2 is 1.85 bits per heavy atom. The molecule has 39 heavy (non-hydrogen) atoms. The minimum absolute atomic E-state index is 0.160. The lowest BCUT2D eigenvalue weighted by molar-refractivity contribution is 0.0990. The lowest BCUT2D eigenvalue weighted by Crippen LogP contribution is -2.26. The van der Waals surface area contributed by atoms with Crippen molar-refractivity contribution in [2.45, 2.75) is 25.8 Å². The maximum Gasteiger partial charge on any atom is 0.261 e. The van der Waals surface area contributed by atoms with E-state index in [0.717, 1.165) is 48.2 Å². The summed E-state index contributed by atoms with van der Waals surface area (Å²) in [7, 11) is 3.33. The SMILES string of the molecule is CC=CN1CC2CC(n3nc(-c4ccc(C(=O)N(C)c5ccccc5)c(OC)c4)c4c(N)ncnc43)CC2C1. The number of nitrogens with zero attached hydrogens (tertiary/aromatic N) is 6. The third-order valence-electron chi connectivity index (χ3n) is 8.13. The predicted octanol–water partition coefficient (Wildman–Crippen LogP) is 4.78. The van der Waals surface area contributed by atoms with Gasteiger partial charge >= 0.3 is 0 Å². The number of carbonyl (C=O) groups is 1. The number of para-hydroxylation sites is 1. The summed E-state index contributed by atoms with van der Waals surface area (Å²) in [6.45, 7) is 4.23. The van der Waals surface area contributed by atoms with Crippen LogP contribution >= 0.6 is 0 Å². The van der Waals surface area contributed by atoms with Crippen LogP contribution < -0.4 is 15.4 Å². The molecule has 2 atom stereocenters. The number of rotatable bonds is 6. The number of hydrogen-bond donors (Lipinski definition) is 1. The van der Waals surface area contributed by atoms with Crippen LogP contribution in [0.2, 0.25) is 0 Å². The molecule has 1 aliphatic carbocycles. The molecule has 1 aliphatic heterocycles. The second kappa shape index (κ2) is 10.1. The van der Waals surface area contributed by atoms with Crippen LogP contribution in [0.15, 0.2) is 67.1 Å². The molecule has 0 spiro atoms. The molecule has 4 aromatic rings. The van der Waals surface area contributed by atoms with Crippen molar-refractivity contribution in [1.29, 1.82) is 0 Å². The van der Waals surface area contributed by atoms with E-state index in [1.165, 1.54) is 6.33 Å². The zero-order chi connectivity index (χ0) is 27.1. The van der Waals surface area contributed by atoms with Gasteiger partial charge in [-0.25, -0.2) is 14.6 Å². The Morgan fingerprint density at radius 3 is 2.54 bits per heavy atom. The molecule has 0 bridgehead atoms. The molecule has 1 saturated heterocycles. The maximum atomic E-state index is 13.4. The van der Waals surface area contributed by atoms with Gasteiger partial charge in [0.2, 0.25) is 0 Å². The van der Waals surface area contributed by atoms with Gasteiger partial charge in [0, 0.05) is 31.4 Å². The van der Waals surface area contributed by atoms with Crippen LogP contribution in [-0.2, 0) is 0 Å². The van der Waals surface area contributed by atoms with Crippen LogP contribution in [0, 0.1) is 11.8 Å². The van der Waals surface area contributed by atoms with E-state index in [1.807, 2.05) is 42.5 Å². The number of nitrogens with two attached hydrogens (primary N) is 1. The standard InChI is InChI=1S/C30H33N7O2/c1-4-12-36-16-20-13-23(14-21(20)17-36)37-29-26(28(31)32-18-33-29)27(34-37)19-10-11-24(25(15-19)39-3)30(38)35(2)22-8-6-5-7-9-22/h4-12,15,18,20-21,23H,13-14,16-17H2,1-3H3,(H2,31,32,33). The van der Waals surface area contributed by atoms with E-state index in [4.69, 9.17) is 15.6 Å². The third-order valence-corrected chi connectivity index (χ3v) is 8.13. The van der Waals surface area contributed by atoms with E-state index >= 15 is 0 Å². The molecule has 6 rings (SSSR count). The number of allylic oxidation sites excluding steroid dienone is 1. The van der Waals surface area contributed by atoms with Crippen LogP contribution in [0.4, 0.5) is 11.5 Å². The van der Waals surface area contributed by atoms with Crippen LogP contribution in [0.25, 0.3) is 22.3 Å². The average molecular weight is 524 g/mol. The number of likely N-dealkylation sites (tertiary alicyclic amines) is 1. The van der Waals surface area contributed by atoms with Gasteiger partial charge in [0.05, 0.1) is 24.1 Å². The van der Waals surface area contributed by atoms with Crippen molar-refractivity contribution in [2.75, 3.05) is 37.9 Å². The quantitative estimate of drug-likeness (QED) is 0.388. The first-order valence-corrected chi connectivity index (χ1v) is 13.4. The summed E-state index contributed by atoms with van der Waals surface area (Å²) >= 11 is 0. The number of hydrogen-bond acceptors (Lipinski definition) is 7. The lowest BCUT2D eigenvalue weighted by Gasteiger charge is -2.19. The molecule has 3 heterocycles. The first-order chi connectivity index (χ1) is 19.0. The van der Waals surface area contributed by atoms with E-state index < -0.39 is 0 Å². The zero-order valence-electron chi connectivity index (χ0n) is 22.5. The van der Waals surface area contributed by atoms with Crippen molar-refractivity contribution < 1.29 is 9.53 Å². The Bertz CT molecular complexity index is 1530. The lowest BCUT2D eigenvalue weighted by atomic mass is 10.0. The van der Waals surface area contributed by atoms with Gasteiger partial charge in [-0.2, -0.15) is 5.10 Å². The van der Waals surface area contributed by atoms with Crippen molar-refractivity contribution in [3.05, 3.63) is 72.7 Å². The highest BCUT2D eigenvalue weighted by molar-refractivity contribution is 6.08. The summed E-state index contributed by atoms with van der Waals surface area (Å²) in [5.74, 6) is 1.98. The molecule has 2 aliphatic rings.